The van der Waals surface area contributed by atoms with Crippen LogP contribution in [0.25, 0.3) is 0 Å². The second-order valence-electron chi connectivity index (χ2n) is 3.40. The topological polar surface area (TPSA) is 42.4 Å². The van der Waals surface area contributed by atoms with Gasteiger partial charge in [0.1, 0.15) is 0 Å². The molecule has 1 aromatic heterocycles. The van der Waals surface area contributed by atoms with E-state index in [9.17, 15) is 4.79 Å². The van der Waals surface area contributed by atoms with Crippen molar-refractivity contribution in [1.29, 1.82) is 0 Å². The summed E-state index contributed by atoms with van der Waals surface area (Å²) in [6.07, 6.45) is 1.20. The van der Waals surface area contributed by atoms with Gasteiger partial charge in [-0.3, -0.25) is 4.79 Å². The molecule has 0 atom stereocenters. The minimum atomic E-state index is 0.126. The van der Waals surface area contributed by atoms with E-state index in [4.69, 9.17) is 4.74 Å². The van der Waals surface area contributed by atoms with Crippen LogP contribution < -0.4 is 9.64 Å². The van der Waals surface area contributed by atoms with Gasteiger partial charge in [-0.15, -0.1) is 0 Å². The van der Waals surface area contributed by atoms with Crippen LogP contribution in [0.15, 0.2) is 10.5 Å². The van der Waals surface area contributed by atoms with Crippen molar-refractivity contribution in [2.45, 2.75) is 12.8 Å². The normalized spacial score (nSPS) is 15.1. The molecule has 80 valence electrons. The Labute approximate surface area is 96.4 Å². The van der Waals surface area contributed by atoms with Gasteiger partial charge in [0.25, 0.3) is 0 Å². The number of anilines is 1. The van der Waals surface area contributed by atoms with Gasteiger partial charge in [0.15, 0.2) is 0 Å². The van der Waals surface area contributed by atoms with Crippen LogP contribution in [0.3, 0.4) is 0 Å². The molecule has 2 heterocycles. The lowest BCUT2D eigenvalue weighted by Gasteiger charge is -2.25. The Bertz CT molecular complexity index is 420. The number of fused-ring (bicyclic) bond motifs is 1. The summed E-state index contributed by atoms with van der Waals surface area (Å²) in [5.41, 5.74) is 1.77. The maximum absolute atomic E-state index is 11.5. The highest BCUT2D eigenvalue weighted by Crippen LogP contribution is 2.33. The molecular formula is C10H11BrN2O2. The van der Waals surface area contributed by atoms with E-state index in [1.54, 1.807) is 19.1 Å². The summed E-state index contributed by atoms with van der Waals surface area (Å²) in [6.45, 7) is 0. The number of aromatic nitrogens is 1. The average molecular weight is 271 g/mol. The quantitative estimate of drug-likeness (QED) is 0.781. The maximum Gasteiger partial charge on any atom is 0.228 e. The van der Waals surface area contributed by atoms with Crippen LogP contribution in [0.1, 0.15) is 12.1 Å². The molecule has 0 fully saturated rings. The van der Waals surface area contributed by atoms with Gasteiger partial charge in [0, 0.05) is 19.9 Å². The molecule has 15 heavy (non-hydrogen) atoms. The third kappa shape index (κ3) is 1.71. The lowest BCUT2D eigenvalue weighted by Crippen LogP contribution is -2.31. The van der Waals surface area contributed by atoms with Crippen LogP contribution in [0.4, 0.5) is 5.69 Å². The van der Waals surface area contributed by atoms with E-state index in [-0.39, 0.29) is 5.91 Å². The van der Waals surface area contributed by atoms with Crippen molar-refractivity contribution < 1.29 is 9.53 Å². The molecule has 0 saturated heterocycles. The van der Waals surface area contributed by atoms with Crippen molar-refractivity contribution in [2.75, 3.05) is 19.1 Å². The Morgan fingerprint density at radius 2 is 2.27 bits per heavy atom. The van der Waals surface area contributed by atoms with Crippen molar-refractivity contribution in [3.05, 3.63) is 16.2 Å². The summed E-state index contributed by atoms with van der Waals surface area (Å²) in [5.74, 6) is 0.692. The van der Waals surface area contributed by atoms with Crippen molar-refractivity contribution in [2.24, 2.45) is 0 Å². The molecule has 1 aromatic rings. The Kier molecular flexibility index (Phi) is 2.65. The standard InChI is InChI=1S/C10H11BrN2O2/c1-13-8-5-6(11)10(15-2)12-7(8)3-4-9(13)14/h5H,3-4H2,1-2H3. The van der Waals surface area contributed by atoms with Crippen molar-refractivity contribution >= 4 is 27.5 Å². The molecule has 1 aliphatic heterocycles. The van der Waals surface area contributed by atoms with Crippen LogP contribution in [-0.4, -0.2) is 25.0 Å². The van der Waals surface area contributed by atoms with Crippen LogP contribution in [-0.2, 0) is 11.2 Å². The number of carbonyl (C=O) groups is 1. The Hall–Kier alpha value is -1.10. The molecule has 1 aliphatic rings. The zero-order chi connectivity index (χ0) is 11.0. The number of hydrogen-bond donors (Lipinski definition) is 0. The Morgan fingerprint density at radius 1 is 1.53 bits per heavy atom. The highest BCUT2D eigenvalue weighted by molar-refractivity contribution is 9.10. The summed E-state index contributed by atoms with van der Waals surface area (Å²) < 4.78 is 5.88. The van der Waals surface area contributed by atoms with Gasteiger partial charge in [-0.1, -0.05) is 0 Å². The van der Waals surface area contributed by atoms with E-state index in [2.05, 4.69) is 20.9 Å². The second kappa shape index (κ2) is 3.81. The van der Waals surface area contributed by atoms with Gasteiger partial charge in [-0.05, 0) is 22.0 Å². The smallest absolute Gasteiger partial charge is 0.228 e. The fraction of sp³-hybridized carbons (Fsp3) is 0.400. The summed E-state index contributed by atoms with van der Waals surface area (Å²) in [7, 11) is 3.35. The van der Waals surface area contributed by atoms with E-state index in [1.807, 2.05) is 6.07 Å². The van der Waals surface area contributed by atoms with Crippen LogP contribution >= 0.6 is 15.9 Å². The number of aryl methyl sites for hydroxylation is 1. The molecule has 0 saturated carbocycles. The van der Waals surface area contributed by atoms with E-state index in [1.165, 1.54) is 0 Å². The third-order valence-electron chi connectivity index (χ3n) is 2.50. The first-order chi connectivity index (χ1) is 7.13. The molecule has 2 rings (SSSR count). The maximum atomic E-state index is 11.5. The third-order valence-corrected chi connectivity index (χ3v) is 3.07. The number of ether oxygens (including phenoxy) is 1. The number of halogens is 1. The van der Waals surface area contributed by atoms with Gasteiger partial charge >= 0.3 is 0 Å². The van der Waals surface area contributed by atoms with Crippen molar-refractivity contribution in [3.63, 3.8) is 0 Å². The molecule has 0 radical (unpaired) electrons. The number of rotatable bonds is 1. The molecular weight excluding hydrogens is 260 g/mol. The SMILES string of the molecule is COc1nc2c(cc1Br)N(C)C(=O)CC2. The van der Waals surface area contributed by atoms with Gasteiger partial charge < -0.3 is 9.64 Å². The summed E-state index contributed by atoms with van der Waals surface area (Å²) in [4.78, 5) is 17.5. The summed E-state index contributed by atoms with van der Waals surface area (Å²) in [6, 6.07) is 1.87. The highest BCUT2D eigenvalue weighted by atomic mass is 79.9. The largest absolute Gasteiger partial charge is 0.480 e. The van der Waals surface area contributed by atoms with Crippen LogP contribution in [0.2, 0.25) is 0 Å². The predicted octanol–water partition coefficient (Wildman–Crippen LogP) is 1.76. The molecule has 4 nitrogen and oxygen atoms in total. The first-order valence-electron chi connectivity index (χ1n) is 4.63. The highest BCUT2D eigenvalue weighted by Gasteiger charge is 2.23. The number of nitrogens with zero attached hydrogens (tertiary/aromatic N) is 2. The first kappa shape index (κ1) is 10.4. The first-order valence-corrected chi connectivity index (χ1v) is 5.42. The number of pyridine rings is 1. The number of methoxy groups -OCH3 is 1. The molecule has 0 spiro atoms. The lowest BCUT2D eigenvalue weighted by atomic mass is 10.1. The van der Waals surface area contributed by atoms with Gasteiger partial charge in [-0.2, -0.15) is 0 Å². The molecule has 0 aliphatic carbocycles. The number of amides is 1. The fourth-order valence-electron chi connectivity index (χ4n) is 1.64. The molecule has 5 heteroatoms. The van der Waals surface area contributed by atoms with Crippen LogP contribution in [0, 0.1) is 0 Å². The van der Waals surface area contributed by atoms with E-state index >= 15 is 0 Å². The lowest BCUT2D eigenvalue weighted by molar-refractivity contribution is -0.118. The van der Waals surface area contributed by atoms with Crippen molar-refractivity contribution in [1.82, 2.24) is 4.98 Å². The van der Waals surface area contributed by atoms with E-state index in [0.29, 0.717) is 18.7 Å². The number of carbonyl (C=O) groups excluding carboxylic acids is 1. The van der Waals surface area contributed by atoms with E-state index in [0.717, 1.165) is 15.9 Å². The zero-order valence-corrected chi connectivity index (χ0v) is 10.2. The van der Waals surface area contributed by atoms with Crippen LogP contribution in [0.5, 0.6) is 5.88 Å². The summed E-state index contributed by atoms with van der Waals surface area (Å²) >= 11 is 3.36. The van der Waals surface area contributed by atoms with E-state index < -0.39 is 0 Å². The van der Waals surface area contributed by atoms with Gasteiger partial charge in [0.05, 0.1) is 23.0 Å². The molecule has 0 N–H and O–H groups in total. The zero-order valence-electron chi connectivity index (χ0n) is 8.58. The van der Waals surface area contributed by atoms with Crippen molar-refractivity contribution in [3.8, 4) is 5.88 Å². The van der Waals surface area contributed by atoms with Gasteiger partial charge in [-0.25, -0.2) is 4.98 Å². The number of hydrogen-bond acceptors (Lipinski definition) is 3. The monoisotopic (exact) mass is 270 g/mol. The minimum absolute atomic E-state index is 0.126. The minimum Gasteiger partial charge on any atom is -0.480 e. The Balaban J connectivity index is 2.52. The van der Waals surface area contributed by atoms with Gasteiger partial charge in [0.2, 0.25) is 11.8 Å². The Morgan fingerprint density at radius 3 is 2.93 bits per heavy atom. The fourth-order valence-corrected chi connectivity index (χ4v) is 2.11. The average Bonchev–Trinajstić information content (AvgIpc) is 2.24. The predicted molar refractivity (Wildman–Crippen MR) is 60.2 cm³/mol. The molecule has 0 aromatic carbocycles. The molecule has 1 amide bonds. The molecule has 0 unspecified atom stereocenters. The molecule has 0 bridgehead atoms. The summed E-state index contributed by atoms with van der Waals surface area (Å²) in [5, 5.41) is 0. The second-order valence-corrected chi connectivity index (χ2v) is 4.25.